The molecule has 0 atom stereocenters. The summed E-state index contributed by atoms with van der Waals surface area (Å²) in [7, 11) is 0. The Labute approximate surface area is 192 Å². The highest BCUT2D eigenvalue weighted by molar-refractivity contribution is 9.13. The van der Waals surface area contributed by atoms with Crippen LogP contribution in [-0.2, 0) is 12.8 Å². The van der Waals surface area contributed by atoms with Crippen LogP contribution < -0.4 is 4.74 Å². The van der Waals surface area contributed by atoms with E-state index in [1.807, 2.05) is 0 Å². The zero-order chi connectivity index (χ0) is 21.6. The molecule has 2 N–H and O–H groups in total. The third-order valence-corrected chi connectivity index (χ3v) is 7.44. The molecule has 0 radical (unpaired) electrons. The number of phenols is 1. The van der Waals surface area contributed by atoms with Crippen molar-refractivity contribution in [2.24, 2.45) is 0 Å². The van der Waals surface area contributed by atoms with Gasteiger partial charge in [0.1, 0.15) is 0 Å². The van der Waals surface area contributed by atoms with Crippen molar-refractivity contribution >= 4 is 38.0 Å². The fourth-order valence-corrected chi connectivity index (χ4v) is 4.75. The molecule has 29 heavy (non-hydrogen) atoms. The van der Waals surface area contributed by atoms with E-state index in [1.54, 1.807) is 0 Å². The fourth-order valence-electron chi connectivity index (χ4n) is 3.62. The fraction of sp³-hybridized carbons (Fsp3) is 0.696. The number of aromatic hydroxyl groups is 1. The number of rotatable bonds is 15. The summed E-state index contributed by atoms with van der Waals surface area (Å²) in [6, 6.07) is 0. The summed E-state index contributed by atoms with van der Waals surface area (Å²) in [6.07, 6.45) is 14.4. The first-order chi connectivity index (χ1) is 13.9. The Hall–Kier alpha value is -0.750. The van der Waals surface area contributed by atoms with Crippen LogP contribution in [0, 0.1) is 0 Å². The highest BCUT2D eigenvalue weighted by atomic mass is 79.9. The second-order valence-corrected chi connectivity index (χ2v) is 9.25. The van der Waals surface area contributed by atoms with Crippen molar-refractivity contribution in [1.82, 2.24) is 0 Å². The van der Waals surface area contributed by atoms with Crippen LogP contribution in [0.3, 0.4) is 0 Å². The van der Waals surface area contributed by atoms with E-state index in [-0.39, 0.29) is 11.5 Å². The van der Waals surface area contributed by atoms with Crippen molar-refractivity contribution in [2.75, 3.05) is 0 Å². The lowest BCUT2D eigenvalue weighted by Crippen LogP contribution is -2.07. The Morgan fingerprint density at radius 3 is 1.69 bits per heavy atom. The Morgan fingerprint density at radius 1 is 0.759 bits per heavy atom. The highest BCUT2D eigenvalue weighted by Gasteiger charge is 2.23. The van der Waals surface area contributed by atoms with Crippen LogP contribution in [0.15, 0.2) is 8.95 Å². The lowest BCUT2D eigenvalue weighted by atomic mass is 9.95. The molecule has 1 aromatic rings. The number of carboxylic acid groups (broad SMARTS) is 1. The molecule has 166 valence electrons. The number of phenolic OH excluding ortho intramolecular Hbond substituents is 1. The maximum Gasteiger partial charge on any atom is 0.511 e. The van der Waals surface area contributed by atoms with Gasteiger partial charge in [-0.1, -0.05) is 78.1 Å². The topological polar surface area (TPSA) is 66.8 Å². The number of ether oxygens (including phenoxy) is 1. The molecule has 6 heteroatoms. The first-order valence-electron chi connectivity index (χ1n) is 11.1. The van der Waals surface area contributed by atoms with E-state index < -0.39 is 6.16 Å². The van der Waals surface area contributed by atoms with Gasteiger partial charge in [0.05, 0.1) is 4.47 Å². The summed E-state index contributed by atoms with van der Waals surface area (Å²) in [5.41, 5.74) is 1.89. The Bertz CT molecular complexity index is 632. The van der Waals surface area contributed by atoms with E-state index in [0.717, 1.165) is 54.1 Å². The van der Waals surface area contributed by atoms with Crippen molar-refractivity contribution in [2.45, 2.75) is 104 Å². The normalized spacial score (nSPS) is 11.0. The third kappa shape index (κ3) is 9.29. The number of benzene rings is 1. The van der Waals surface area contributed by atoms with Crippen LogP contribution in [-0.4, -0.2) is 16.4 Å². The molecule has 0 heterocycles. The largest absolute Gasteiger partial charge is 0.511 e. The molecule has 1 rings (SSSR count). The molecule has 0 aromatic heterocycles. The van der Waals surface area contributed by atoms with Crippen molar-refractivity contribution in [3.63, 3.8) is 0 Å². The predicted octanol–water partition coefficient (Wildman–Crippen LogP) is 8.78. The zero-order valence-corrected chi connectivity index (χ0v) is 21.0. The molecule has 4 nitrogen and oxygen atoms in total. The van der Waals surface area contributed by atoms with E-state index in [0.29, 0.717) is 4.47 Å². The van der Waals surface area contributed by atoms with Gasteiger partial charge >= 0.3 is 6.16 Å². The Kier molecular flexibility index (Phi) is 13.7. The van der Waals surface area contributed by atoms with Crippen LogP contribution in [0.2, 0.25) is 0 Å². The van der Waals surface area contributed by atoms with Crippen molar-refractivity contribution < 1.29 is 19.7 Å². The molecule has 0 saturated heterocycles. The molecule has 0 saturated carbocycles. The molecule has 1 aromatic carbocycles. The summed E-state index contributed by atoms with van der Waals surface area (Å²) >= 11 is 7.02. The number of halogens is 2. The van der Waals surface area contributed by atoms with E-state index >= 15 is 0 Å². The molecule has 0 unspecified atom stereocenters. The molecule has 0 amide bonds. The van der Waals surface area contributed by atoms with Crippen LogP contribution >= 0.6 is 31.9 Å². The molecule has 0 aliphatic rings. The summed E-state index contributed by atoms with van der Waals surface area (Å²) in [5, 5.41) is 19.8. The van der Waals surface area contributed by atoms with Crippen LogP contribution in [0.25, 0.3) is 0 Å². The minimum Gasteiger partial charge on any atom is -0.504 e. The highest BCUT2D eigenvalue weighted by Crippen LogP contribution is 2.46. The molecular weight excluding hydrogens is 500 g/mol. The zero-order valence-electron chi connectivity index (χ0n) is 17.9. The second-order valence-electron chi connectivity index (χ2n) is 7.67. The molecule has 0 spiro atoms. The smallest absolute Gasteiger partial charge is 0.504 e. The first-order valence-corrected chi connectivity index (χ1v) is 12.6. The number of carbonyl (C=O) groups is 1. The summed E-state index contributed by atoms with van der Waals surface area (Å²) < 4.78 is 6.13. The maximum absolute atomic E-state index is 11.1. The SMILES string of the molecule is CCCCCCCCc1c(O)c(OC(=O)O)c(Br)c(Br)c1CCCCCCCC. The quantitative estimate of drug-likeness (QED) is 0.134. The Balaban J connectivity index is 2.92. The van der Waals surface area contributed by atoms with Crippen molar-refractivity contribution in [1.29, 1.82) is 0 Å². The summed E-state index contributed by atoms with van der Waals surface area (Å²) in [5.74, 6) is -0.0610. The van der Waals surface area contributed by atoms with Gasteiger partial charge in [0, 0.05) is 10.0 Å². The lowest BCUT2D eigenvalue weighted by molar-refractivity contribution is 0.142. The van der Waals surface area contributed by atoms with Gasteiger partial charge in [-0.25, -0.2) is 4.79 Å². The minimum absolute atomic E-state index is 0.0166. The first kappa shape index (κ1) is 26.3. The van der Waals surface area contributed by atoms with Gasteiger partial charge in [0.15, 0.2) is 11.5 Å². The van der Waals surface area contributed by atoms with E-state index in [4.69, 9.17) is 9.84 Å². The second kappa shape index (κ2) is 15.1. The third-order valence-electron chi connectivity index (χ3n) is 5.27. The number of hydrogen-bond acceptors (Lipinski definition) is 3. The van der Waals surface area contributed by atoms with Gasteiger partial charge in [0.25, 0.3) is 0 Å². The van der Waals surface area contributed by atoms with Gasteiger partial charge in [-0.3, -0.25) is 0 Å². The predicted molar refractivity (Wildman–Crippen MR) is 126 cm³/mol. The van der Waals surface area contributed by atoms with Gasteiger partial charge in [0.2, 0.25) is 0 Å². The van der Waals surface area contributed by atoms with Gasteiger partial charge in [-0.15, -0.1) is 0 Å². The van der Waals surface area contributed by atoms with E-state index in [1.165, 1.54) is 51.4 Å². The minimum atomic E-state index is -1.43. The van der Waals surface area contributed by atoms with E-state index in [2.05, 4.69) is 45.7 Å². The Morgan fingerprint density at radius 2 is 1.21 bits per heavy atom. The maximum atomic E-state index is 11.1. The van der Waals surface area contributed by atoms with Gasteiger partial charge in [-0.05, 0) is 63.1 Å². The molecule has 0 fully saturated rings. The monoisotopic (exact) mass is 534 g/mol. The molecule has 0 aliphatic heterocycles. The average molecular weight is 536 g/mol. The molecular formula is C23H36Br2O4. The molecule has 0 bridgehead atoms. The molecule has 0 aliphatic carbocycles. The van der Waals surface area contributed by atoms with Crippen molar-refractivity contribution in [3.05, 3.63) is 20.1 Å². The van der Waals surface area contributed by atoms with Crippen LogP contribution in [0.5, 0.6) is 11.5 Å². The van der Waals surface area contributed by atoms with Crippen molar-refractivity contribution in [3.8, 4) is 11.5 Å². The number of unbranched alkanes of at least 4 members (excludes halogenated alkanes) is 10. The lowest BCUT2D eigenvalue weighted by Gasteiger charge is -2.18. The number of hydrogen-bond donors (Lipinski definition) is 2. The summed E-state index contributed by atoms with van der Waals surface area (Å²) in [4.78, 5) is 11.1. The standard InChI is InChI=1S/C23H36Br2O4/c1-3-5-7-9-11-13-15-17-18(16-14-12-10-8-6-4-2)21(26)22(29-23(27)28)20(25)19(17)24/h26H,3-16H2,1-2H3,(H,27,28). The van der Waals surface area contributed by atoms with Crippen LogP contribution in [0.4, 0.5) is 4.79 Å². The van der Waals surface area contributed by atoms with Crippen LogP contribution in [0.1, 0.15) is 102 Å². The summed E-state index contributed by atoms with van der Waals surface area (Å²) in [6.45, 7) is 4.42. The van der Waals surface area contributed by atoms with Gasteiger partial charge < -0.3 is 14.9 Å². The van der Waals surface area contributed by atoms with Gasteiger partial charge in [-0.2, -0.15) is 0 Å². The average Bonchev–Trinajstić information content (AvgIpc) is 2.69. The van der Waals surface area contributed by atoms with E-state index in [9.17, 15) is 9.90 Å².